The number of nitrogens with zero attached hydrogens (tertiary/aromatic N) is 7. The Kier molecular flexibility index (Phi) is 28.0. The van der Waals surface area contributed by atoms with E-state index in [0.29, 0.717) is 11.8 Å². The van der Waals surface area contributed by atoms with Gasteiger partial charge in [0.1, 0.15) is 38.7 Å². The van der Waals surface area contributed by atoms with Gasteiger partial charge >= 0.3 is 5.89 Å². The average Bonchev–Trinajstić information content (AvgIpc) is 1.57. The zero-order valence-corrected chi connectivity index (χ0v) is 84.5. The number of thiazole rings is 2. The van der Waals surface area contributed by atoms with E-state index in [4.69, 9.17) is 4.42 Å². The van der Waals surface area contributed by atoms with Crippen molar-refractivity contribution in [3.05, 3.63) is 338 Å². The first-order valence-corrected chi connectivity index (χ1v) is 47.4. The lowest BCUT2D eigenvalue weighted by atomic mass is 9.56. The van der Waals surface area contributed by atoms with Gasteiger partial charge in [0.15, 0.2) is 23.3 Å². The SMILES string of the molecule is Cc1c(-c2c[n+](-c3c(C(C)C)cccc3C(C)C)c(-c3ccccc3)n2C)cccc1C(C)(C)C.Cc1c(-c2coc(-c3ccccc3)[n+]2C)cccc1C(C)(C)C.Cc1c(-c2csc(-c3ccccc3)[n+]2C)cccc1C(C)(C)C.Cc1c(-c2csc[n+]2C)cccc1C(C)(C)C.Cc1c(C(C)(C)C)ccc2c1-c1c(n(-c3ccccc3)c[n+]1C)C(C)(C)C2(C)C. The summed E-state index contributed by atoms with van der Waals surface area (Å²) in [5.41, 5.74) is 41.4. The first-order valence-electron chi connectivity index (χ1n) is 45.6. The molecule has 0 atom stereocenters. The molecule has 5 heterocycles. The number of hydrogen-bond acceptors (Lipinski definition) is 3. The van der Waals surface area contributed by atoms with Gasteiger partial charge in [0.05, 0.1) is 58.2 Å². The predicted octanol–water partition coefficient (Wildman–Crippen LogP) is 29.0. The highest BCUT2D eigenvalue weighted by Crippen LogP contribution is 2.55. The molecule has 660 valence electrons. The topological polar surface area (TPSA) is 42.4 Å². The molecule has 0 spiro atoms. The van der Waals surface area contributed by atoms with E-state index in [9.17, 15) is 0 Å². The summed E-state index contributed by atoms with van der Waals surface area (Å²) in [6.07, 6.45) is 6.48. The normalized spacial score (nSPS) is 13.0. The van der Waals surface area contributed by atoms with E-state index in [1.54, 1.807) is 11.3 Å². The summed E-state index contributed by atoms with van der Waals surface area (Å²) in [7, 11) is 10.7. The van der Waals surface area contributed by atoms with Crippen LogP contribution in [0.25, 0.3) is 101 Å². The fourth-order valence-corrected chi connectivity index (χ4v) is 21.1. The molecule has 1 aliphatic rings. The van der Waals surface area contributed by atoms with Crippen molar-refractivity contribution in [1.29, 1.82) is 0 Å². The number of hydrogen-bond donors (Lipinski definition) is 0. The Morgan fingerprint density at radius 2 is 0.803 bits per heavy atom. The van der Waals surface area contributed by atoms with Crippen molar-refractivity contribution in [1.82, 2.24) is 9.13 Å². The zero-order valence-electron chi connectivity index (χ0n) is 82.8. The van der Waals surface area contributed by atoms with E-state index in [1.165, 1.54) is 162 Å². The van der Waals surface area contributed by atoms with Gasteiger partial charge in [-0.1, -0.05) is 340 Å². The van der Waals surface area contributed by atoms with Gasteiger partial charge in [-0.3, -0.25) is 0 Å². The standard InChI is InChI=1S/C33H41N2.C27H35N2.C21H24NO.C21H24NS.C15H20NS/c1-22(2)26-17-13-18-27(23(3)4)31(26)35-21-30(34(9)32(35)25-15-11-10-12-16-25)28-19-14-20-29(24(28)5)33(6,7)8;1-18-20(25(2,3)4)15-16-21-22(18)23-24(27(7,8)26(21,5)6)29(17-28(23)9)19-13-11-10-12-14-19;2*1-15-17(12-9-13-18(15)21(2,3)4)19-14-23-20(22(19)5)16-10-7-6-8-11-16;1-11-12(14-9-17-10-16(14)5)7-6-8-13(11)15(2,3)4/h10-23H,1-9H3;10-17H,1-9H3;2*6-14H,1-5H3;6-10H,1-5H3/q5*+1. The zero-order chi connectivity index (χ0) is 92.7. The minimum atomic E-state index is -0.0257. The third kappa shape index (κ3) is 19.5. The molecule has 0 bridgehead atoms. The summed E-state index contributed by atoms with van der Waals surface area (Å²) < 4.78 is 22.1. The van der Waals surface area contributed by atoms with E-state index >= 15 is 0 Å². The number of aromatic nitrogens is 7. The van der Waals surface area contributed by atoms with E-state index in [-0.39, 0.29) is 37.9 Å². The van der Waals surface area contributed by atoms with Crippen LogP contribution in [0.15, 0.2) is 264 Å². The molecular weight excluding hydrogens is 1580 g/mol. The summed E-state index contributed by atoms with van der Waals surface area (Å²) in [5, 5.41) is 5.78. The summed E-state index contributed by atoms with van der Waals surface area (Å²) in [6, 6.07) is 80.6. The molecule has 127 heavy (non-hydrogen) atoms. The van der Waals surface area contributed by atoms with Crippen LogP contribution in [0.1, 0.15) is 249 Å². The molecule has 0 saturated heterocycles. The minimum Gasteiger partial charge on any atom is -0.406 e. The van der Waals surface area contributed by atoms with Gasteiger partial charge in [-0.2, -0.15) is 22.8 Å². The summed E-state index contributed by atoms with van der Waals surface area (Å²) >= 11 is 3.56. The lowest BCUT2D eigenvalue weighted by Gasteiger charge is -2.45. The largest absolute Gasteiger partial charge is 0.406 e. The third-order valence-electron chi connectivity index (χ3n) is 26.6. The fourth-order valence-electron chi connectivity index (χ4n) is 19.3. The number of fused-ring (bicyclic) bond motifs is 3. The van der Waals surface area contributed by atoms with Gasteiger partial charge < -0.3 is 4.42 Å². The Morgan fingerprint density at radius 3 is 1.25 bits per heavy atom. The van der Waals surface area contributed by atoms with Crippen molar-refractivity contribution < 1.29 is 27.3 Å². The van der Waals surface area contributed by atoms with E-state index < -0.39 is 0 Å². The quantitative estimate of drug-likeness (QED) is 0.119. The Hall–Kier alpha value is -10.9. The van der Waals surface area contributed by atoms with Crippen LogP contribution in [0, 0.1) is 34.6 Å². The van der Waals surface area contributed by atoms with Crippen molar-refractivity contribution in [2.75, 3.05) is 0 Å². The van der Waals surface area contributed by atoms with Crippen LogP contribution in [-0.2, 0) is 73.1 Å². The highest BCUT2D eigenvalue weighted by atomic mass is 32.1. The van der Waals surface area contributed by atoms with Gasteiger partial charge in [-0.05, 0) is 201 Å². The van der Waals surface area contributed by atoms with Crippen LogP contribution < -0.4 is 22.8 Å². The van der Waals surface area contributed by atoms with E-state index in [2.05, 4.69) is 496 Å². The lowest BCUT2D eigenvalue weighted by molar-refractivity contribution is -0.660. The minimum absolute atomic E-state index is 0.00832. The lowest BCUT2D eigenvalue weighted by Crippen LogP contribution is -2.46. The third-order valence-corrected chi connectivity index (χ3v) is 28.5. The van der Waals surface area contributed by atoms with Crippen LogP contribution in [0.2, 0.25) is 0 Å². The highest BCUT2D eigenvalue weighted by Gasteiger charge is 2.53. The molecule has 0 amide bonds. The molecule has 10 heteroatoms. The second-order valence-electron chi connectivity index (χ2n) is 42.0. The molecule has 0 N–H and O–H groups in total. The first kappa shape index (κ1) is 95.2. The summed E-state index contributed by atoms with van der Waals surface area (Å²) in [4.78, 5) is 0. The smallest absolute Gasteiger partial charge is 0.380 e. The van der Waals surface area contributed by atoms with Gasteiger partial charge in [0.2, 0.25) is 23.2 Å². The molecular formula is C117H144N7OS2+5. The molecule has 0 fully saturated rings. The number of para-hydroxylation sites is 2. The molecule has 16 rings (SSSR count). The number of rotatable bonds is 11. The predicted molar refractivity (Wildman–Crippen MR) is 540 cm³/mol. The second kappa shape index (κ2) is 37.4. The monoisotopic (exact) mass is 1730 g/mol. The molecule has 8 nitrogen and oxygen atoms in total. The van der Waals surface area contributed by atoms with Crippen LogP contribution in [-0.4, -0.2) is 9.13 Å². The Balaban J connectivity index is 0.000000147. The highest BCUT2D eigenvalue weighted by molar-refractivity contribution is 7.13. The molecule has 10 aromatic carbocycles. The van der Waals surface area contributed by atoms with Crippen LogP contribution in [0.3, 0.4) is 0 Å². The average molecular weight is 1730 g/mol. The second-order valence-corrected chi connectivity index (χ2v) is 43.6. The maximum atomic E-state index is 5.88. The van der Waals surface area contributed by atoms with Gasteiger partial charge in [-0.15, -0.1) is 0 Å². The molecule has 15 aromatic rings. The van der Waals surface area contributed by atoms with Gasteiger partial charge in [0, 0.05) is 33.1 Å². The van der Waals surface area contributed by atoms with E-state index in [1.807, 2.05) is 35.8 Å². The summed E-state index contributed by atoms with van der Waals surface area (Å²) in [6.45, 7) is 64.3. The van der Waals surface area contributed by atoms with Crippen LogP contribution in [0.5, 0.6) is 0 Å². The van der Waals surface area contributed by atoms with Crippen molar-refractivity contribution in [2.45, 2.75) is 244 Å². The summed E-state index contributed by atoms with van der Waals surface area (Å²) in [5.74, 6) is 2.93. The molecule has 1 aliphatic carbocycles. The van der Waals surface area contributed by atoms with Crippen molar-refractivity contribution in [2.24, 2.45) is 35.2 Å². The van der Waals surface area contributed by atoms with Crippen molar-refractivity contribution in [3.8, 4) is 101 Å². The first-order chi connectivity index (χ1) is 59.6. The van der Waals surface area contributed by atoms with Gasteiger partial charge in [0.25, 0.3) is 16.5 Å². The number of aryl methyl sites for hydroxylation is 2. The number of benzene rings is 10. The van der Waals surface area contributed by atoms with Crippen LogP contribution >= 0.6 is 22.7 Å². The Morgan fingerprint density at radius 1 is 0.394 bits per heavy atom. The van der Waals surface area contributed by atoms with Crippen molar-refractivity contribution >= 4 is 22.7 Å². The molecule has 5 aromatic heterocycles. The Labute approximate surface area is 771 Å². The van der Waals surface area contributed by atoms with E-state index in [0.717, 1.165) is 17.1 Å². The fraction of sp³-hybridized carbons (Fsp3) is 0.359. The van der Waals surface area contributed by atoms with Crippen LogP contribution in [0.4, 0.5) is 0 Å². The maximum absolute atomic E-state index is 5.88. The number of imidazole rings is 2. The maximum Gasteiger partial charge on any atom is 0.380 e. The molecule has 0 unspecified atom stereocenters. The number of oxazole rings is 1. The molecule has 0 saturated carbocycles. The van der Waals surface area contributed by atoms with Gasteiger partial charge in [-0.25, -0.2) is 9.13 Å². The molecule has 0 radical (unpaired) electrons. The van der Waals surface area contributed by atoms with Crippen molar-refractivity contribution in [3.63, 3.8) is 0 Å². The Bertz CT molecular complexity index is 6200. The molecule has 0 aliphatic heterocycles.